The van der Waals surface area contributed by atoms with Gasteiger partial charge in [-0.15, -0.1) is 0 Å². The zero-order chi connectivity index (χ0) is 21.6. The zero-order valence-corrected chi connectivity index (χ0v) is 16.7. The van der Waals surface area contributed by atoms with E-state index in [9.17, 15) is 14.0 Å². The first kappa shape index (κ1) is 19.7. The lowest BCUT2D eigenvalue weighted by atomic mass is 10.1. The normalized spacial score (nSPS) is 11.1. The van der Waals surface area contributed by atoms with Crippen molar-refractivity contribution in [3.63, 3.8) is 0 Å². The van der Waals surface area contributed by atoms with Crippen LogP contribution in [0.15, 0.2) is 48.7 Å². The molecule has 0 aliphatic carbocycles. The molecule has 0 atom stereocenters. The average molecular weight is 424 g/mol. The SMILES string of the molecule is Cc1cnc2c(-c3ccc(C(=O)O)cc3F)nn(C(=O)c3c(C)cccc3Cl)c2c1. The predicted molar refractivity (Wildman–Crippen MR) is 111 cm³/mol. The zero-order valence-electron chi connectivity index (χ0n) is 16.0. The molecule has 4 aromatic rings. The number of carboxylic acids is 1. The molecule has 30 heavy (non-hydrogen) atoms. The fraction of sp³-hybridized carbons (Fsp3) is 0.0909. The Morgan fingerprint density at radius 3 is 2.57 bits per heavy atom. The Hall–Kier alpha value is -3.58. The molecule has 0 radical (unpaired) electrons. The summed E-state index contributed by atoms with van der Waals surface area (Å²) in [6, 6.07) is 10.4. The number of hydrogen-bond donors (Lipinski definition) is 1. The largest absolute Gasteiger partial charge is 0.478 e. The van der Waals surface area contributed by atoms with E-state index in [1.54, 1.807) is 37.4 Å². The van der Waals surface area contributed by atoms with E-state index in [0.717, 1.165) is 16.3 Å². The van der Waals surface area contributed by atoms with Gasteiger partial charge in [0.2, 0.25) is 0 Å². The number of carbonyl (C=O) groups excluding carboxylic acids is 1. The highest BCUT2D eigenvalue weighted by Gasteiger charge is 2.24. The van der Waals surface area contributed by atoms with Gasteiger partial charge in [-0.25, -0.2) is 9.18 Å². The Kier molecular flexibility index (Phi) is 4.83. The summed E-state index contributed by atoms with van der Waals surface area (Å²) in [4.78, 5) is 28.8. The van der Waals surface area contributed by atoms with E-state index in [0.29, 0.717) is 22.2 Å². The Balaban J connectivity index is 1.97. The number of pyridine rings is 1. The van der Waals surface area contributed by atoms with Crippen LogP contribution < -0.4 is 0 Å². The van der Waals surface area contributed by atoms with Gasteiger partial charge in [0, 0.05) is 11.8 Å². The monoisotopic (exact) mass is 423 g/mol. The van der Waals surface area contributed by atoms with Crippen LogP contribution in [-0.2, 0) is 0 Å². The van der Waals surface area contributed by atoms with E-state index in [4.69, 9.17) is 16.7 Å². The molecule has 2 aromatic carbocycles. The molecule has 0 saturated heterocycles. The van der Waals surface area contributed by atoms with Gasteiger partial charge in [0.25, 0.3) is 5.91 Å². The molecule has 1 N–H and O–H groups in total. The first-order chi connectivity index (χ1) is 14.3. The molecule has 0 bridgehead atoms. The summed E-state index contributed by atoms with van der Waals surface area (Å²) in [6.45, 7) is 3.58. The first-order valence-electron chi connectivity index (χ1n) is 8.96. The van der Waals surface area contributed by atoms with Crippen molar-refractivity contribution < 1.29 is 19.1 Å². The van der Waals surface area contributed by atoms with Crippen LogP contribution in [0.1, 0.15) is 31.8 Å². The molecule has 0 spiro atoms. The second-order valence-corrected chi connectivity index (χ2v) is 7.28. The number of benzene rings is 2. The summed E-state index contributed by atoms with van der Waals surface area (Å²) in [6.07, 6.45) is 1.59. The number of rotatable bonds is 3. The van der Waals surface area contributed by atoms with Crippen molar-refractivity contribution in [2.24, 2.45) is 0 Å². The van der Waals surface area contributed by atoms with Crippen LogP contribution in [0.5, 0.6) is 0 Å². The Labute approximate surface area is 175 Å². The number of carboxylic acid groups (broad SMARTS) is 1. The van der Waals surface area contributed by atoms with Gasteiger partial charge in [-0.3, -0.25) is 9.78 Å². The predicted octanol–water partition coefficient (Wildman–Crippen LogP) is 4.89. The van der Waals surface area contributed by atoms with Gasteiger partial charge >= 0.3 is 5.97 Å². The van der Waals surface area contributed by atoms with E-state index in [1.165, 1.54) is 12.1 Å². The molecule has 0 fully saturated rings. The standard InChI is InChI=1S/C22H15ClFN3O3/c1-11-8-17-20(25-10-11)19(14-7-6-13(22(29)30)9-16(14)24)26-27(17)21(28)18-12(2)4-3-5-15(18)23/h3-10H,1-2H3,(H,29,30). The van der Waals surface area contributed by atoms with Crippen LogP contribution in [0, 0.1) is 19.7 Å². The molecule has 4 rings (SSSR count). The fourth-order valence-electron chi connectivity index (χ4n) is 3.28. The Morgan fingerprint density at radius 1 is 1.13 bits per heavy atom. The molecule has 0 unspecified atom stereocenters. The van der Waals surface area contributed by atoms with Crippen LogP contribution in [-0.4, -0.2) is 31.7 Å². The highest BCUT2D eigenvalue weighted by atomic mass is 35.5. The number of carbonyl (C=O) groups is 2. The van der Waals surface area contributed by atoms with Gasteiger partial charge in [-0.2, -0.15) is 9.78 Å². The minimum atomic E-state index is -1.24. The van der Waals surface area contributed by atoms with Crippen molar-refractivity contribution >= 4 is 34.5 Å². The van der Waals surface area contributed by atoms with Crippen molar-refractivity contribution in [2.45, 2.75) is 13.8 Å². The second-order valence-electron chi connectivity index (χ2n) is 6.88. The molecular formula is C22H15ClFN3O3. The second kappa shape index (κ2) is 7.35. The third-order valence-corrected chi connectivity index (χ3v) is 5.07. The summed E-state index contributed by atoms with van der Waals surface area (Å²) in [5.74, 6) is -2.48. The number of aromatic nitrogens is 3. The van der Waals surface area contributed by atoms with Gasteiger partial charge in [0.1, 0.15) is 17.0 Å². The van der Waals surface area contributed by atoms with Crippen LogP contribution in [0.4, 0.5) is 4.39 Å². The minimum absolute atomic E-state index is 0.0452. The summed E-state index contributed by atoms with van der Waals surface area (Å²) in [7, 11) is 0. The van der Waals surface area contributed by atoms with Crippen molar-refractivity contribution in [2.75, 3.05) is 0 Å². The molecular weight excluding hydrogens is 409 g/mol. The van der Waals surface area contributed by atoms with Gasteiger partial charge in [-0.1, -0.05) is 23.7 Å². The highest BCUT2D eigenvalue weighted by Crippen LogP contribution is 2.31. The van der Waals surface area contributed by atoms with Gasteiger partial charge < -0.3 is 5.11 Å². The maximum atomic E-state index is 14.7. The smallest absolute Gasteiger partial charge is 0.335 e. The van der Waals surface area contributed by atoms with E-state index in [2.05, 4.69) is 10.1 Å². The van der Waals surface area contributed by atoms with Crippen molar-refractivity contribution in [1.82, 2.24) is 14.8 Å². The quantitative estimate of drug-likeness (QED) is 0.507. The van der Waals surface area contributed by atoms with Crippen LogP contribution >= 0.6 is 11.6 Å². The molecule has 0 saturated carbocycles. The van der Waals surface area contributed by atoms with Crippen LogP contribution in [0.25, 0.3) is 22.3 Å². The molecule has 2 heterocycles. The number of hydrogen-bond acceptors (Lipinski definition) is 4. The third-order valence-electron chi connectivity index (χ3n) is 4.76. The molecule has 150 valence electrons. The molecule has 6 nitrogen and oxygen atoms in total. The molecule has 0 aliphatic rings. The number of aromatic carboxylic acids is 1. The highest BCUT2D eigenvalue weighted by molar-refractivity contribution is 6.34. The van der Waals surface area contributed by atoms with E-state index >= 15 is 0 Å². The van der Waals surface area contributed by atoms with Gasteiger partial charge in [-0.05, 0) is 55.3 Å². The van der Waals surface area contributed by atoms with Crippen molar-refractivity contribution in [1.29, 1.82) is 0 Å². The van der Waals surface area contributed by atoms with Crippen LogP contribution in [0.2, 0.25) is 5.02 Å². The lowest BCUT2D eigenvalue weighted by Crippen LogP contribution is -2.15. The summed E-state index contributed by atoms with van der Waals surface area (Å²) in [5, 5.41) is 13.7. The number of aryl methyl sites for hydroxylation is 2. The van der Waals surface area contributed by atoms with E-state index < -0.39 is 17.7 Å². The topological polar surface area (TPSA) is 85.1 Å². The Bertz CT molecular complexity index is 1330. The summed E-state index contributed by atoms with van der Waals surface area (Å²) in [5.41, 5.74) is 2.47. The fourth-order valence-corrected chi connectivity index (χ4v) is 3.59. The van der Waals surface area contributed by atoms with Crippen molar-refractivity contribution in [3.8, 4) is 11.3 Å². The average Bonchev–Trinajstić information content (AvgIpc) is 3.06. The number of nitrogens with zero attached hydrogens (tertiary/aromatic N) is 3. The lowest BCUT2D eigenvalue weighted by molar-refractivity contribution is 0.0696. The van der Waals surface area contributed by atoms with Gasteiger partial charge in [0.15, 0.2) is 0 Å². The number of fused-ring (bicyclic) bond motifs is 1. The first-order valence-corrected chi connectivity index (χ1v) is 9.34. The maximum absolute atomic E-state index is 14.7. The molecule has 0 amide bonds. The van der Waals surface area contributed by atoms with Gasteiger partial charge in [0.05, 0.1) is 21.7 Å². The van der Waals surface area contributed by atoms with Crippen LogP contribution in [0.3, 0.4) is 0 Å². The summed E-state index contributed by atoms with van der Waals surface area (Å²) >= 11 is 6.26. The molecule has 2 aromatic heterocycles. The molecule has 0 aliphatic heterocycles. The van der Waals surface area contributed by atoms with E-state index in [1.807, 2.05) is 6.92 Å². The lowest BCUT2D eigenvalue weighted by Gasteiger charge is -2.08. The minimum Gasteiger partial charge on any atom is -0.478 e. The maximum Gasteiger partial charge on any atom is 0.335 e. The Morgan fingerprint density at radius 2 is 1.90 bits per heavy atom. The third kappa shape index (κ3) is 3.23. The number of halogens is 2. The van der Waals surface area contributed by atoms with E-state index in [-0.39, 0.29) is 21.8 Å². The van der Waals surface area contributed by atoms with Crippen molar-refractivity contribution in [3.05, 3.63) is 81.8 Å². The molecule has 8 heteroatoms. The summed E-state index contributed by atoms with van der Waals surface area (Å²) < 4.78 is 15.9.